The summed E-state index contributed by atoms with van der Waals surface area (Å²) in [5.41, 5.74) is 2.36. The van der Waals surface area contributed by atoms with Crippen molar-refractivity contribution < 1.29 is 23.9 Å². The average Bonchev–Trinajstić information content (AvgIpc) is 3.01. The Kier molecular flexibility index (Phi) is 9.35. The van der Waals surface area contributed by atoms with Crippen LogP contribution < -0.4 is 16.1 Å². The van der Waals surface area contributed by atoms with E-state index in [1.807, 2.05) is 47.7 Å². The van der Waals surface area contributed by atoms with Crippen LogP contribution in [-0.2, 0) is 11.3 Å². The fraction of sp³-hybridized carbons (Fsp3) is 0.118. The van der Waals surface area contributed by atoms with Crippen molar-refractivity contribution >= 4 is 68.6 Å². The number of pyridine rings is 1. The number of halogens is 3. The number of carboxylic acids is 1. The highest BCUT2D eigenvalue weighted by molar-refractivity contribution is 14.1. The molecule has 0 fully saturated rings. The molecule has 0 aliphatic rings. The molecule has 1 heterocycles. The van der Waals surface area contributed by atoms with E-state index in [9.17, 15) is 28.7 Å². The number of carboxylic acid groups (broad SMARTS) is 1. The van der Waals surface area contributed by atoms with Crippen LogP contribution >= 0.6 is 34.2 Å². The fourth-order valence-electron chi connectivity index (χ4n) is 4.85. The van der Waals surface area contributed by atoms with Gasteiger partial charge in [-0.05, 0) is 83.5 Å². The summed E-state index contributed by atoms with van der Waals surface area (Å²) >= 11 is 8.18. The Balaban J connectivity index is 1.39. The van der Waals surface area contributed by atoms with Gasteiger partial charge in [0.25, 0.3) is 5.91 Å². The van der Waals surface area contributed by atoms with E-state index in [2.05, 4.69) is 10.6 Å². The zero-order valence-electron chi connectivity index (χ0n) is 24.0. The third-order valence-corrected chi connectivity index (χ3v) is 8.85. The summed E-state index contributed by atoms with van der Waals surface area (Å²) in [7, 11) is 0. The zero-order valence-corrected chi connectivity index (χ0v) is 26.9. The molecule has 0 unspecified atom stereocenters. The van der Waals surface area contributed by atoms with Crippen molar-refractivity contribution in [3.63, 3.8) is 0 Å². The third kappa shape index (κ3) is 6.76. The molecule has 1 aromatic heterocycles. The van der Waals surface area contributed by atoms with E-state index in [0.29, 0.717) is 25.2 Å². The number of benzene rings is 4. The first kappa shape index (κ1) is 31.9. The fourth-order valence-corrected chi connectivity index (χ4v) is 5.88. The molecule has 0 saturated carbocycles. The number of carbonyl (C=O) groups is 3. The van der Waals surface area contributed by atoms with Gasteiger partial charge in [0.15, 0.2) is 0 Å². The summed E-state index contributed by atoms with van der Waals surface area (Å²) in [6.45, 7) is 3.59. The number of aromatic nitrogens is 1. The minimum Gasteiger partial charge on any atom is -0.477 e. The van der Waals surface area contributed by atoms with E-state index in [1.165, 1.54) is 25.3 Å². The average molecular weight is 738 g/mol. The van der Waals surface area contributed by atoms with Gasteiger partial charge in [0.05, 0.1) is 16.6 Å². The van der Waals surface area contributed by atoms with Gasteiger partial charge in [0, 0.05) is 32.5 Å². The van der Waals surface area contributed by atoms with E-state index in [0.717, 1.165) is 17.2 Å². The lowest BCUT2D eigenvalue weighted by atomic mass is 10.0. The lowest BCUT2D eigenvalue weighted by molar-refractivity contribution is -0.117. The van der Waals surface area contributed by atoms with Crippen LogP contribution in [-0.4, -0.2) is 33.5 Å². The van der Waals surface area contributed by atoms with Gasteiger partial charge in [-0.2, -0.15) is 0 Å². The van der Waals surface area contributed by atoms with Crippen LogP contribution in [0.25, 0.3) is 22.0 Å². The Bertz CT molecular complexity index is 2050. The van der Waals surface area contributed by atoms with Gasteiger partial charge in [0.2, 0.25) is 11.3 Å². The molecular formula is C34H26ClFIN3O5. The predicted octanol–water partition coefficient (Wildman–Crippen LogP) is 6.88. The monoisotopic (exact) mass is 737 g/mol. The molecule has 8 nitrogen and oxygen atoms in total. The normalized spacial score (nSPS) is 11.7. The van der Waals surface area contributed by atoms with Crippen molar-refractivity contribution in [2.24, 2.45) is 0 Å². The maximum absolute atomic E-state index is 14.8. The zero-order chi connectivity index (χ0) is 32.4. The Labute approximate surface area is 276 Å². The second-order valence-corrected chi connectivity index (χ2v) is 11.9. The quantitative estimate of drug-likeness (QED) is 0.150. The number of hydrogen-bond donors (Lipinski definition) is 3. The third-order valence-electron chi connectivity index (χ3n) is 7.32. The van der Waals surface area contributed by atoms with Crippen LogP contribution in [0.2, 0.25) is 5.02 Å². The van der Waals surface area contributed by atoms with Crippen molar-refractivity contribution in [1.82, 2.24) is 9.88 Å². The second kappa shape index (κ2) is 13.2. The molecule has 5 rings (SSSR count). The summed E-state index contributed by atoms with van der Waals surface area (Å²) in [6, 6.07) is 20.7. The highest BCUT2D eigenvalue weighted by Crippen LogP contribution is 2.28. The first-order valence-corrected chi connectivity index (χ1v) is 15.2. The number of aryl methyl sites for hydroxylation is 1. The number of anilines is 1. The molecule has 11 heteroatoms. The van der Waals surface area contributed by atoms with Gasteiger partial charge in [-0.1, -0.05) is 60.1 Å². The number of rotatable bonds is 8. The molecule has 0 aliphatic carbocycles. The molecule has 0 saturated heterocycles. The van der Waals surface area contributed by atoms with E-state index < -0.39 is 40.6 Å². The number of nitrogens with zero attached hydrogens (tertiary/aromatic N) is 1. The van der Waals surface area contributed by atoms with Crippen LogP contribution in [0.1, 0.15) is 38.8 Å². The van der Waals surface area contributed by atoms with E-state index in [-0.39, 0.29) is 23.2 Å². The Morgan fingerprint density at radius 2 is 1.76 bits per heavy atom. The summed E-state index contributed by atoms with van der Waals surface area (Å²) in [5.74, 6) is -3.19. The highest BCUT2D eigenvalue weighted by atomic mass is 127. The molecule has 0 radical (unpaired) electrons. The topological polar surface area (TPSA) is 118 Å². The number of hydrogen-bond acceptors (Lipinski definition) is 4. The minimum absolute atomic E-state index is 0.0451. The van der Waals surface area contributed by atoms with Gasteiger partial charge in [-0.3, -0.25) is 14.4 Å². The number of nitrogens with one attached hydrogen (secondary N) is 2. The number of aromatic carboxylic acids is 1. The summed E-state index contributed by atoms with van der Waals surface area (Å²) in [6.07, 6.45) is 1.29. The molecule has 0 bridgehead atoms. The smallest absolute Gasteiger partial charge is 0.341 e. The van der Waals surface area contributed by atoms with E-state index in [4.69, 9.17) is 11.6 Å². The van der Waals surface area contributed by atoms with Crippen LogP contribution in [0.5, 0.6) is 0 Å². The Morgan fingerprint density at radius 3 is 2.42 bits per heavy atom. The second-order valence-electron chi connectivity index (χ2n) is 10.5. The summed E-state index contributed by atoms with van der Waals surface area (Å²) < 4.78 is 16.8. The van der Waals surface area contributed by atoms with Crippen LogP contribution in [0, 0.1) is 16.3 Å². The minimum atomic E-state index is -1.38. The number of amides is 2. The van der Waals surface area contributed by atoms with Gasteiger partial charge < -0.3 is 20.3 Å². The van der Waals surface area contributed by atoms with E-state index >= 15 is 0 Å². The molecule has 2 amide bonds. The van der Waals surface area contributed by atoms with Crippen LogP contribution in [0.4, 0.5) is 10.1 Å². The number of carbonyl (C=O) groups excluding carboxylic acids is 2. The van der Waals surface area contributed by atoms with E-state index in [1.54, 1.807) is 47.0 Å². The standard InChI is InChI=1S/C34H26ClFIN3O5/c1-18-8-9-20(14-25(18)35)16-40-17-24(34(44)45)31(41)29-28(40)13-12-27(30(29)37)39-32(42)19(2)38-33(43)22-10-11-23(26(36)15-22)21-6-4-3-5-7-21/h3-15,17,19H,16H2,1-2H3,(H,38,43)(H,39,42)(H,44,45)/t19-/m0/s1. The molecule has 5 aromatic rings. The van der Waals surface area contributed by atoms with Crippen molar-refractivity contribution in [2.75, 3.05) is 5.32 Å². The molecule has 0 aliphatic heterocycles. The predicted molar refractivity (Wildman–Crippen MR) is 181 cm³/mol. The lowest BCUT2D eigenvalue weighted by Gasteiger charge is -2.18. The molecule has 4 aromatic carbocycles. The molecule has 228 valence electrons. The highest BCUT2D eigenvalue weighted by Gasteiger charge is 2.22. The van der Waals surface area contributed by atoms with Gasteiger partial charge in [-0.25, -0.2) is 9.18 Å². The maximum Gasteiger partial charge on any atom is 0.341 e. The van der Waals surface area contributed by atoms with Gasteiger partial charge >= 0.3 is 5.97 Å². The van der Waals surface area contributed by atoms with Gasteiger partial charge in [0.1, 0.15) is 17.4 Å². The molecule has 0 spiro atoms. The number of fused-ring (bicyclic) bond motifs is 1. The molecule has 3 N–H and O–H groups in total. The van der Waals surface area contributed by atoms with Crippen molar-refractivity contribution in [3.8, 4) is 11.1 Å². The largest absolute Gasteiger partial charge is 0.477 e. The van der Waals surface area contributed by atoms with Crippen LogP contribution in [0.3, 0.4) is 0 Å². The first-order chi connectivity index (χ1) is 21.4. The van der Waals surface area contributed by atoms with Gasteiger partial charge in [-0.15, -0.1) is 0 Å². The molecular weight excluding hydrogens is 712 g/mol. The molecule has 45 heavy (non-hydrogen) atoms. The van der Waals surface area contributed by atoms with Crippen molar-refractivity contribution in [3.05, 3.63) is 132 Å². The maximum atomic E-state index is 14.8. The van der Waals surface area contributed by atoms with Crippen molar-refractivity contribution in [1.29, 1.82) is 0 Å². The molecule has 1 atom stereocenters. The Morgan fingerprint density at radius 1 is 1.02 bits per heavy atom. The van der Waals surface area contributed by atoms with Crippen LogP contribution in [0.15, 0.2) is 89.9 Å². The summed E-state index contributed by atoms with van der Waals surface area (Å²) in [5, 5.41) is 15.7. The van der Waals surface area contributed by atoms with Crippen molar-refractivity contribution in [2.45, 2.75) is 26.4 Å². The Hall–Kier alpha value is -4.55. The lowest BCUT2D eigenvalue weighted by Crippen LogP contribution is -2.41. The SMILES string of the molecule is Cc1ccc(Cn2cc(C(=O)O)c(=O)c3c(I)c(NC(=O)[C@H](C)NC(=O)c4ccc(-c5ccccc5)c(F)c4)ccc32)cc1Cl. The summed E-state index contributed by atoms with van der Waals surface area (Å²) in [4.78, 5) is 51.3. The first-order valence-electron chi connectivity index (χ1n) is 13.7.